The van der Waals surface area contributed by atoms with E-state index in [9.17, 15) is 17.2 Å². The first-order valence-electron chi connectivity index (χ1n) is 5.64. The molecule has 0 aromatic rings. The summed E-state index contributed by atoms with van der Waals surface area (Å²) in [5.74, 6) is -2.61. The fraction of sp³-hybridized carbons (Fsp3) is 1.00. The molecule has 3 nitrogen and oxygen atoms in total. The minimum absolute atomic E-state index is 0.211. The van der Waals surface area contributed by atoms with E-state index < -0.39 is 20.7 Å². The van der Waals surface area contributed by atoms with Gasteiger partial charge in [-0.15, -0.1) is 0 Å². The Morgan fingerprint density at radius 2 is 1.62 bits per heavy atom. The van der Waals surface area contributed by atoms with Crippen LogP contribution in [-0.4, -0.2) is 25.1 Å². The van der Waals surface area contributed by atoms with Gasteiger partial charge in [0.2, 0.25) is 15.9 Å². The predicted octanol–water partition coefficient (Wildman–Crippen LogP) is 2.04. The molecule has 6 heteroatoms. The fourth-order valence-corrected chi connectivity index (χ4v) is 3.56. The minimum Gasteiger partial charge on any atom is -0.212 e. The smallest absolute Gasteiger partial charge is 0.212 e. The molecule has 0 aromatic heterocycles. The lowest BCUT2D eigenvalue weighted by molar-refractivity contribution is -0.0387. The number of alkyl halides is 2. The van der Waals surface area contributed by atoms with E-state index in [0.29, 0.717) is 12.8 Å². The molecule has 2 saturated carbocycles. The molecule has 0 amide bonds. The summed E-state index contributed by atoms with van der Waals surface area (Å²) in [7, 11) is -3.32. The largest absolute Gasteiger partial charge is 0.248 e. The monoisotopic (exact) mass is 253 g/mol. The van der Waals surface area contributed by atoms with Crippen LogP contribution in [0.2, 0.25) is 0 Å². The molecule has 0 saturated heterocycles. The SMILES string of the molecule is CC1(S(=O)(=O)NC2CCC(F)(F)CC2)CC1. The van der Waals surface area contributed by atoms with Crippen molar-refractivity contribution in [1.29, 1.82) is 0 Å². The maximum absolute atomic E-state index is 12.9. The topological polar surface area (TPSA) is 46.2 Å². The van der Waals surface area contributed by atoms with Crippen molar-refractivity contribution in [2.75, 3.05) is 0 Å². The highest BCUT2D eigenvalue weighted by Crippen LogP contribution is 2.43. The number of hydrogen-bond acceptors (Lipinski definition) is 2. The first-order chi connectivity index (χ1) is 7.24. The van der Waals surface area contributed by atoms with E-state index in [0.717, 1.165) is 0 Å². The molecule has 0 atom stereocenters. The van der Waals surface area contributed by atoms with Crippen molar-refractivity contribution in [3.63, 3.8) is 0 Å². The highest BCUT2D eigenvalue weighted by atomic mass is 32.2. The van der Waals surface area contributed by atoms with Crippen LogP contribution in [0.4, 0.5) is 8.78 Å². The summed E-state index contributed by atoms with van der Waals surface area (Å²) in [5, 5.41) is 0. The van der Waals surface area contributed by atoms with E-state index in [-0.39, 0.29) is 31.7 Å². The number of rotatable bonds is 3. The number of hydrogen-bond donors (Lipinski definition) is 1. The summed E-state index contributed by atoms with van der Waals surface area (Å²) < 4.78 is 51.4. The van der Waals surface area contributed by atoms with Gasteiger partial charge in [-0.2, -0.15) is 0 Å². The third-order valence-corrected chi connectivity index (χ3v) is 5.99. The molecule has 0 aliphatic heterocycles. The number of nitrogens with one attached hydrogen (secondary N) is 1. The summed E-state index contributed by atoms with van der Waals surface area (Å²) in [6.07, 6.45) is 1.40. The van der Waals surface area contributed by atoms with E-state index in [1.54, 1.807) is 6.92 Å². The molecule has 0 unspecified atom stereocenters. The molecule has 2 fully saturated rings. The van der Waals surface area contributed by atoms with Gasteiger partial charge in [0.1, 0.15) is 0 Å². The second-order valence-corrected chi connectivity index (χ2v) is 7.43. The van der Waals surface area contributed by atoms with Crippen LogP contribution in [-0.2, 0) is 10.0 Å². The van der Waals surface area contributed by atoms with Gasteiger partial charge in [0.05, 0.1) is 4.75 Å². The molecule has 94 valence electrons. The summed E-state index contributed by atoms with van der Waals surface area (Å²) >= 11 is 0. The Bertz CT molecular complexity index is 366. The molecule has 0 radical (unpaired) electrons. The molecule has 16 heavy (non-hydrogen) atoms. The Kier molecular flexibility index (Phi) is 2.78. The van der Waals surface area contributed by atoms with Gasteiger partial charge in [0, 0.05) is 18.9 Å². The Balaban J connectivity index is 1.92. The van der Waals surface area contributed by atoms with Crippen LogP contribution in [0.1, 0.15) is 45.4 Å². The Morgan fingerprint density at radius 3 is 2.06 bits per heavy atom. The summed E-state index contributed by atoms with van der Waals surface area (Å²) in [6, 6.07) is -0.304. The molecular formula is C10H17F2NO2S. The maximum Gasteiger partial charge on any atom is 0.248 e. The van der Waals surface area contributed by atoms with Gasteiger partial charge >= 0.3 is 0 Å². The van der Waals surface area contributed by atoms with Gasteiger partial charge in [-0.3, -0.25) is 0 Å². The first-order valence-corrected chi connectivity index (χ1v) is 7.12. The molecule has 2 rings (SSSR count). The molecule has 1 N–H and O–H groups in total. The fourth-order valence-electron chi connectivity index (χ4n) is 1.96. The van der Waals surface area contributed by atoms with Gasteiger partial charge in [-0.25, -0.2) is 21.9 Å². The first kappa shape index (κ1) is 12.2. The molecule has 0 spiro atoms. The highest BCUT2D eigenvalue weighted by molar-refractivity contribution is 7.91. The van der Waals surface area contributed by atoms with Crippen molar-refractivity contribution in [3.8, 4) is 0 Å². The average molecular weight is 253 g/mol. The lowest BCUT2D eigenvalue weighted by Crippen LogP contribution is -2.44. The molecule has 0 heterocycles. The highest BCUT2D eigenvalue weighted by Gasteiger charge is 2.51. The van der Waals surface area contributed by atoms with E-state index in [1.165, 1.54) is 0 Å². The molecule has 0 aromatic carbocycles. The van der Waals surface area contributed by atoms with Crippen LogP contribution in [0.5, 0.6) is 0 Å². The van der Waals surface area contributed by atoms with Crippen LogP contribution in [0.15, 0.2) is 0 Å². The standard InChI is InChI=1S/C10H17F2NO2S/c1-9(6-7-9)16(14,15)13-8-2-4-10(11,12)5-3-8/h8,13H,2-7H2,1H3. The predicted molar refractivity (Wildman–Crippen MR) is 56.9 cm³/mol. The third kappa shape index (κ3) is 2.37. The number of sulfonamides is 1. The van der Waals surface area contributed by atoms with E-state index in [2.05, 4.69) is 4.72 Å². The normalized spacial score (nSPS) is 28.9. The van der Waals surface area contributed by atoms with Gasteiger partial charge in [0.15, 0.2) is 0 Å². The summed E-state index contributed by atoms with van der Waals surface area (Å²) in [4.78, 5) is 0. The third-order valence-electron chi connectivity index (χ3n) is 3.64. The molecule has 2 aliphatic rings. The zero-order valence-corrected chi connectivity index (χ0v) is 10.1. The van der Waals surface area contributed by atoms with Crippen molar-refractivity contribution >= 4 is 10.0 Å². The van der Waals surface area contributed by atoms with Crippen molar-refractivity contribution in [3.05, 3.63) is 0 Å². The molecule has 0 bridgehead atoms. The zero-order chi connectivity index (χ0) is 12.0. The van der Waals surface area contributed by atoms with Crippen LogP contribution in [0.25, 0.3) is 0 Å². The van der Waals surface area contributed by atoms with Crippen LogP contribution >= 0.6 is 0 Å². The van der Waals surface area contributed by atoms with Crippen molar-refractivity contribution in [2.45, 2.75) is 62.2 Å². The van der Waals surface area contributed by atoms with Crippen molar-refractivity contribution in [2.24, 2.45) is 0 Å². The zero-order valence-electron chi connectivity index (χ0n) is 9.30. The van der Waals surface area contributed by atoms with Gasteiger partial charge in [-0.05, 0) is 32.6 Å². The van der Waals surface area contributed by atoms with Crippen LogP contribution in [0, 0.1) is 0 Å². The summed E-state index contributed by atoms with van der Waals surface area (Å²) in [5.41, 5.74) is 0. The average Bonchev–Trinajstić information content (AvgIpc) is 2.89. The van der Waals surface area contributed by atoms with Crippen LogP contribution < -0.4 is 4.72 Å². The van der Waals surface area contributed by atoms with E-state index in [1.807, 2.05) is 0 Å². The summed E-state index contributed by atoms with van der Waals surface area (Å²) in [6.45, 7) is 1.70. The molecule has 2 aliphatic carbocycles. The van der Waals surface area contributed by atoms with Crippen LogP contribution in [0.3, 0.4) is 0 Å². The quantitative estimate of drug-likeness (QED) is 0.836. The number of halogens is 2. The Hall–Kier alpha value is -0.230. The van der Waals surface area contributed by atoms with E-state index >= 15 is 0 Å². The van der Waals surface area contributed by atoms with Gasteiger partial charge in [0.25, 0.3) is 0 Å². The maximum atomic E-state index is 12.9. The van der Waals surface area contributed by atoms with Crippen molar-refractivity contribution in [1.82, 2.24) is 4.72 Å². The minimum atomic E-state index is -3.32. The lowest BCUT2D eigenvalue weighted by atomic mass is 9.93. The van der Waals surface area contributed by atoms with Gasteiger partial charge in [-0.1, -0.05) is 0 Å². The molecular weight excluding hydrogens is 236 g/mol. The van der Waals surface area contributed by atoms with Gasteiger partial charge < -0.3 is 0 Å². The second-order valence-electron chi connectivity index (χ2n) is 5.20. The Labute approximate surface area is 94.7 Å². The second kappa shape index (κ2) is 3.63. The van der Waals surface area contributed by atoms with E-state index in [4.69, 9.17) is 0 Å². The Morgan fingerprint density at radius 1 is 1.12 bits per heavy atom. The van der Waals surface area contributed by atoms with Crippen molar-refractivity contribution < 1.29 is 17.2 Å². The lowest BCUT2D eigenvalue weighted by Gasteiger charge is -2.29.